The second kappa shape index (κ2) is 7.61. The molecule has 0 bridgehead atoms. The van der Waals surface area contributed by atoms with Crippen LogP contribution in [0.1, 0.15) is 35.2 Å². The summed E-state index contributed by atoms with van der Waals surface area (Å²) in [6.45, 7) is 1.13. The van der Waals surface area contributed by atoms with Crippen LogP contribution in [-0.2, 0) is 11.3 Å². The molecule has 2 aliphatic rings. The van der Waals surface area contributed by atoms with Crippen LogP contribution >= 0.6 is 0 Å². The molecule has 1 aromatic rings. The SMILES string of the molecule is CN1C(=O)CC(N2CCC[C@H](N)C2)N(Cc2cc(F)ccc2C(=O)O)C1=O. The van der Waals surface area contributed by atoms with Gasteiger partial charge in [-0.2, -0.15) is 0 Å². The maximum atomic E-state index is 13.7. The largest absolute Gasteiger partial charge is 0.478 e. The Morgan fingerprint density at radius 3 is 2.78 bits per heavy atom. The first kappa shape index (κ1) is 19.2. The number of halogens is 1. The number of nitrogens with zero attached hydrogens (tertiary/aromatic N) is 3. The number of aromatic carboxylic acids is 1. The van der Waals surface area contributed by atoms with Crippen LogP contribution in [0.4, 0.5) is 9.18 Å². The lowest BCUT2D eigenvalue weighted by Crippen LogP contribution is -2.63. The molecule has 1 unspecified atom stereocenters. The van der Waals surface area contributed by atoms with Crippen LogP contribution in [0.2, 0.25) is 0 Å². The number of benzene rings is 1. The Balaban J connectivity index is 1.94. The summed E-state index contributed by atoms with van der Waals surface area (Å²) in [5, 5.41) is 9.38. The van der Waals surface area contributed by atoms with Crippen LogP contribution in [-0.4, -0.2) is 70.1 Å². The van der Waals surface area contributed by atoms with Crippen molar-refractivity contribution in [3.05, 3.63) is 35.1 Å². The molecule has 0 spiro atoms. The predicted octanol–water partition coefficient (Wildman–Crippen LogP) is 1.06. The highest BCUT2D eigenvalue weighted by Gasteiger charge is 2.41. The van der Waals surface area contributed by atoms with Gasteiger partial charge in [-0.3, -0.25) is 14.6 Å². The van der Waals surface area contributed by atoms with E-state index in [1.54, 1.807) is 0 Å². The minimum atomic E-state index is -1.20. The molecule has 8 nitrogen and oxygen atoms in total. The highest BCUT2D eigenvalue weighted by molar-refractivity contribution is 5.97. The average molecular weight is 378 g/mol. The van der Waals surface area contributed by atoms with Crippen LogP contribution in [0.15, 0.2) is 18.2 Å². The van der Waals surface area contributed by atoms with Gasteiger partial charge >= 0.3 is 12.0 Å². The second-order valence-electron chi connectivity index (χ2n) is 7.05. The van der Waals surface area contributed by atoms with Crippen LogP contribution in [0.5, 0.6) is 0 Å². The van der Waals surface area contributed by atoms with E-state index >= 15 is 0 Å². The van der Waals surface area contributed by atoms with Crippen molar-refractivity contribution >= 4 is 17.9 Å². The van der Waals surface area contributed by atoms with Crippen molar-refractivity contribution in [2.45, 2.75) is 38.0 Å². The fourth-order valence-corrected chi connectivity index (χ4v) is 3.73. The number of rotatable bonds is 4. The number of hydrogen-bond acceptors (Lipinski definition) is 5. The number of carbonyl (C=O) groups is 3. The number of piperidine rings is 1. The molecule has 2 saturated heterocycles. The summed E-state index contributed by atoms with van der Waals surface area (Å²) in [5.74, 6) is -2.09. The molecule has 0 aromatic heterocycles. The second-order valence-corrected chi connectivity index (χ2v) is 7.05. The Morgan fingerprint density at radius 1 is 1.37 bits per heavy atom. The molecular formula is C18H23FN4O4. The van der Waals surface area contributed by atoms with Crippen LogP contribution in [0.3, 0.4) is 0 Å². The number of imide groups is 1. The number of carboxylic acid groups (broad SMARTS) is 1. The van der Waals surface area contributed by atoms with Gasteiger partial charge in [0, 0.05) is 32.7 Å². The van der Waals surface area contributed by atoms with Gasteiger partial charge in [-0.25, -0.2) is 14.0 Å². The molecule has 3 N–H and O–H groups in total. The first-order valence-corrected chi connectivity index (χ1v) is 8.86. The van der Waals surface area contributed by atoms with E-state index in [1.807, 2.05) is 4.90 Å². The zero-order chi connectivity index (χ0) is 19.7. The molecule has 2 aliphatic heterocycles. The van der Waals surface area contributed by atoms with Crippen LogP contribution in [0.25, 0.3) is 0 Å². The summed E-state index contributed by atoms with van der Waals surface area (Å²) >= 11 is 0. The number of likely N-dealkylation sites (tertiary alicyclic amines) is 1. The van der Waals surface area contributed by atoms with Gasteiger partial charge in [-0.15, -0.1) is 0 Å². The molecule has 0 aliphatic carbocycles. The van der Waals surface area contributed by atoms with Crippen molar-refractivity contribution in [2.75, 3.05) is 20.1 Å². The smallest absolute Gasteiger partial charge is 0.336 e. The molecule has 3 amide bonds. The highest BCUT2D eigenvalue weighted by Crippen LogP contribution is 2.26. The molecule has 1 aromatic carbocycles. The van der Waals surface area contributed by atoms with Crippen molar-refractivity contribution in [3.8, 4) is 0 Å². The van der Waals surface area contributed by atoms with Gasteiger partial charge in [-0.05, 0) is 36.6 Å². The van der Waals surface area contributed by atoms with Crippen molar-refractivity contribution < 1.29 is 23.9 Å². The van der Waals surface area contributed by atoms with Gasteiger partial charge in [-0.1, -0.05) is 0 Å². The van der Waals surface area contributed by atoms with E-state index in [0.717, 1.165) is 29.9 Å². The van der Waals surface area contributed by atoms with E-state index in [1.165, 1.54) is 18.0 Å². The number of amides is 3. The van der Waals surface area contributed by atoms with Gasteiger partial charge in [0.15, 0.2) is 0 Å². The van der Waals surface area contributed by atoms with Crippen molar-refractivity contribution in [3.63, 3.8) is 0 Å². The lowest BCUT2D eigenvalue weighted by atomic mass is 10.0. The highest BCUT2D eigenvalue weighted by atomic mass is 19.1. The van der Waals surface area contributed by atoms with Gasteiger partial charge < -0.3 is 15.7 Å². The zero-order valence-electron chi connectivity index (χ0n) is 15.1. The normalized spacial score (nSPS) is 24.4. The summed E-state index contributed by atoms with van der Waals surface area (Å²) in [4.78, 5) is 40.9. The fourth-order valence-electron chi connectivity index (χ4n) is 3.73. The number of nitrogens with two attached hydrogens (primary N) is 1. The third-order valence-electron chi connectivity index (χ3n) is 5.17. The molecular weight excluding hydrogens is 355 g/mol. The Morgan fingerprint density at radius 2 is 2.11 bits per heavy atom. The molecule has 0 saturated carbocycles. The number of hydrogen-bond donors (Lipinski definition) is 2. The van der Waals surface area contributed by atoms with Crippen LogP contribution in [0, 0.1) is 5.82 Å². The minimum Gasteiger partial charge on any atom is -0.478 e. The first-order valence-electron chi connectivity index (χ1n) is 8.86. The Hall–Kier alpha value is -2.52. The van der Waals surface area contributed by atoms with Crippen molar-refractivity contribution in [1.82, 2.24) is 14.7 Å². The summed E-state index contributed by atoms with van der Waals surface area (Å²) in [6, 6.07) is 2.79. The predicted molar refractivity (Wildman–Crippen MR) is 94.3 cm³/mol. The average Bonchev–Trinajstić information content (AvgIpc) is 2.61. The van der Waals surface area contributed by atoms with E-state index in [4.69, 9.17) is 5.73 Å². The Bertz CT molecular complexity index is 772. The number of carboxylic acids is 1. The third kappa shape index (κ3) is 3.93. The quantitative estimate of drug-likeness (QED) is 0.811. The van der Waals surface area contributed by atoms with E-state index in [9.17, 15) is 23.9 Å². The topological polar surface area (TPSA) is 107 Å². The number of carbonyl (C=O) groups excluding carboxylic acids is 2. The first-order chi connectivity index (χ1) is 12.8. The van der Waals surface area contributed by atoms with E-state index < -0.39 is 24.0 Å². The van der Waals surface area contributed by atoms with E-state index in [0.29, 0.717) is 13.1 Å². The minimum absolute atomic E-state index is 0.0470. The third-order valence-corrected chi connectivity index (χ3v) is 5.17. The summed E-state index contributed by atoms with van der Waals surface area (Å²) in [5.41, 5.74) is 6.16. The lowest BCUT2D eigenvalue weighted by molar-refractivity contribution is -0.135. The molecule has 3 rings (SSSR count). The van der Waals surface area contributed by atoms with Gasteiger partial charge in [0.1, 0.15) is 5.82 Å². The zero-order valence-corrected chi connectivity index (χ0v) is 15.1. The molecule has 27 heavy (non-hydrogen) atoms. The van der Waals surface area contributed by atoms with E-state index in [-0.39, 0.29) is 36.0 Å². The maximum Gasteiger partial charge on any atom is 0.336 e. The van der Waals surface area contributed by atoms with Gasteiger partial charge in [0.2, 0.25) is 5.91 Å². The van der Waals surface area contributed by atoms with Crippen LogP contribution < -0.4 is 5.73 Å². The molecule has 146 valence electrons. The molecule has 2 atom stereocenters. The lowest BCUT2D eigenvalue weighted by Gasteiger charge is -2.46. The summed E-state index contributed by atoms with van der Waals surface area (Å²) < 4.78 is 13.7. The maximum absolute atomic E-state index is 13.7. The van der Waals surface area contributed by atoms with E-state index in [2.05, 4.69) is 0 Å². The number of urea groups is 1. The standard InChI is InChI=1S/C18H23FN4O4/c1-21-16(24)8-15(22-6-2-3-13(20)10-22)23(18(21)27)9-11-7-12(19)4-5-14(11)17(25)26/h4-5,7,13,15H,2-3,6,8-10,20H2,1H3,(H,25,26)/t13-,15?/m0/s1. The Labute approximate surface area is 156 Å². The molecule has 9 heteroatoms. The molecule has 0 radical (unpaired) electrons. The van der Waals surface area contributed by atoms with Crippen molar-refractivity contribution in [2.24, 2.45) is 5.73 Å². The summed E-state index contributed by atoms with van der Waals surface area (Å²) in [6.07, 6.45) is 1.28. The molecule has 2 fully saturated rings. The summed E-state index contributed by atoms with van der Waals surface area (Å²) in [7, 11) is 1.39. The van der Waals surface area contributed by atoms with Crippen molar-refractivity contribution in [1.29, 1.82) is 0 Å². The molecule has 2 heterocycles. The fraction of sp³-hybridized carbons (Fsp3) is 0.500. The van der Waals surface area contributed by atoms with Gasteiger partial charge in [0.05, 0.1) is 18.2 Å². The monoisotopic (exact) mass is 378 g/mol. The Kier molecular flexibility index (Phi) is 5.43. The van der Waals surface area contributed by atoms with Gasteiger partial charge in [0.25, 0.3) is 0 Å².